The van der Waals surface area contributed by atoms with Gasteiger partial charge in [-0.3, -0.25) is 9.59 Å². The van der Waals surface area contributed by atoms with Crippen LogP contribution in [0, 0.1) is 0 Å². The Kier molecular flexibility index (Phi) is 5.36. The summed E-state index contributed by atoms with van der Waals surface area (Å²) in [4.78, 5) is 33.5. The lowest BCUT2D eigenvalue weighted by Crippen LogP contribution is -2.37. The van der Waals surface area contributed by atoms with Crippen LogP contribution in [0.5, 0.6) is 0 Å². The van der Waals surface area contributed by atoms with Crippen LogP contribution in [0.2, 0.25) is 0 Å². The highest BCUT2D eigenvalue weighted by Gasteiger charge is 2.42. The quantitative estimate of drug-likeness (QED) is 0.536. The smallest absolute Gasteiger partial charge is 0.378 e. The summed E-state index contributed by atoms with van der Waals surface area (Å²) in [6, 6.07) is 0. The van der Waals surface area contributed by atoms with Gasteiger partial charge in [0.2, 0.25) is 11.9 Å². The molecule has 2 atom stereocenters. The van der Waals surface area contributed by atoms with E-state index >= 15 is 0 Å². The van der Waals surface area contributed by atoms with Crippen molar-refractivity contribution < 1.29 is 38.8 Å². The predicted octanol–water partition coefficient (Wildman–Crippen LogP) is 0.514. The summed E-state index contributed by atoms with van der Waals surface area (Å²) >= 11 is 0. The summed E-state index contributed by atoms with van der Waals surface area (Å²) in [5, 5.41) is 18.8. The number of hydrogen-bond donors (Lipinski definition) is 2. The molecule has 0 aromatic carbocycles. The first-order valence-electron chi connectivity index (χ1n) is 6.08. The lowest BCUT2D eigenvalue weighted by Gasteiger charge is -2.22. The van der Waals surface area contributed by atoms with E-state index in [4.69, 9.17) is 9.47 Å². The van der Waals surface area contributed by atoms with E-state index in [0.717, 1.165) is 0 Å². The van der Waals surface area contributed by atoms with E-state index in [9.17, 15) is 24.6 Å². The molecule has 0 unspecified atom stereocenters. The van der Waals surface area contributed by atoms with Crippen molar-refractivity contribution in [1.29, 1.82) is 0 Å². The van der Waals surface area contributed by atoms with E-state index < -0.39 is 48.2 Å². The highest BCUT2D eigenvalue weighted by atomic mass is 16.6. The maximum Gasteiger partial charge on any atom is 0.378 e. The van der Waals surface area contributed by atoms with Crippen LogP contribution in [0.25, 0.3) is 0 Å². The van der Waals surface area contributed by atoms with Crippen molar-refractivity contribution in [1.82, 2.24) is 0 Å². The number of cyclic esters (lactones) is 1. The predicted molar refractivity (Wildman–Crippen MR) is 63.6 cm³/mol. The molecule has 0 fully saturated rings. The third-order valence-electron chi connectivity index (χ3n) is 2.55. The van der Waals surface area contributed by atoms with E-state index in [-0.39, 0.29) is 12.8 Å². The van der Waals surface area contributed by atoms with Crippen LogP contribution in [0.1, 0.15) is 26.7 Å². The van der Waals surface area contributed by atoms with Crippen molar-refractivity contribution in [3.8, 4) is 0 Å². The molecule has 8 nitrogen and oxygen atoms in total. The Morgan fingerprint density at radius 2 is 1.85 bits per heavy atom. The van der Waals surface area contributed by atoms with Gasteiger partial charge in [0.05, 0.1) is 0 Å². The molecule has 1 heterocycles. The van der Waals surface area contributed by atoms with Gasteiger partial charge in [-0.25, -0.2) is 4.79 Å². The Hall–Kier alpha value is -2.25. The van der Waals surface area contributed by atoms with E-state index in [1.54, 1.807) is 13.8 Å². The first kappa shape index (κ1) is 15.8. The number of aliphatic hydroxyl groups is 2. The molecule has 0 aromatic rings. The average Bonchev–Trinajstić information content (AvgIpc) is 2.70. The number of carbonyl (C=O) groups excluding carboxylic acids is 3. The van der Waals surface area contributed by atoms with Crippen LogP contribution >= 0.6 is 0 Å². The molecule has 8 heteroatoms. The highest BCUT2D eigenvalue weighted by molar-refractivity contribution is 5.89. The van der Waals surface area contributed by atoms with Gasteiger partial charge in [-0.2, -0.15) is 0 Å². The zero-order chi connectivity index (χ0) is 15.3. The normalized spacial score (nSPS) is 19.5. The zero-order valence-electron chi connectivity index (χ0n) is 11.1. The molecular weight excluding hydrogens is 272 g/mol. The molecule has 0 aliphatic carbocycles. The minimum atomic E-state index is -1.39. The molecule has 20 heavy (non-hydrogen) atoms. The molecular formula is C12H16O8. The monoisotopic (exact) mass is 288 g/mol. The molecule has 2 N–H and O–H groups in total. The second-order valence-corrected chi connectivity index (χ2v) is 3.98. The minimum absolute atomic E-state index is 0.0509. The summed E-state index contributed by atoms with van der Waals surface area (Å²) < 4.78 is 14.4. The molecule has 0 amide bonds. The van der Waals surface area contributed by atoms with Gasteiger partial charge >= 0.3 is 17.9 Å². The number of ether oxygens (including phenoxy) is 3. The van der Waals surface area contributed by atoms with Crippen LogP contribution in [0.15, 0.2) is 11.5 Å². The Morgan fingerprint density at radius 1 is 1.25 bits per heavy atom. The third-order valence-corrected chi connectivity index (χ3v) is 2.55. The summed E-state index contributed by atoms with van der Waals surface area (Å²) in [6.45, 7) is 2.73. The van der Waals surface area contributed by atoms with Gasteiger partial charge in [0.1, 0.15) is 6.61 Å². The van der Waals surface area contributed by atoms with E-state index in [1.807, 2.05) is 0 Å². The summed E-state index contributed by atoms with van der Waals surface area (Å²) in [5.74, 6) is -4.00. The lowest BCUT2D eigenvalue weighted by atomic mass is 10.2. The largest absolute Gasteiger partial charge is 0.505 e. The molecule has 0 saturated heterocycles. The van der Waals surface area contributed by atoms with Crippen LogP contribution < -0.4 is 0 Å². The Bertz CT molecular complexity index is 439. The number of esters is 3. The molecule has 1 rings (SSSR count). The second kappa shape index (κ2) is 6.78. The van der Waals surface area contributed by atoms with Gasteiger partial charge in [-0.1, -0.05) is 13.8 Å². The lowest BCUT2D eigenvalue weighted by molar-refractivity contribution is -0.170. The maximum absolute atomic E-state index is 11.3. The van der Waals surface area contributed by atoms with Crippen molar-refractivity contribution in [3.63, 3.8) is 0 Å². The van der Waals surface area contributed by atoms with Crippen molar-refractivity contribution in [2.24, 2.45) is 0 Å². The van der Waals surface area contributed by atoms with Crippen molar-refractivity contribution >= 4 is 17.9 Å². The van der Waals surface area contributed by atoms with Crippen LogP contribution in [-0.2, 0) is 28.6 Å². The number of aliphatic hydroxyl groups excluding tert-OH is 2. The van der Waals surface area contributed by atoms with Gasteiger partial charge in [-0.05, 0) is 0 Å². The number of hydrogen-bond acceptors (Lipinski definition) is 8. The molecule has 112 valence electrons. The van der Waals surface area contributed by atoms with Crippen LogP contribution in [0.4, 0.5) is 0 Å². The maximum atomic E-state index is 11.3. The zero-order valence-corrected chi connectivity index (χ0v) is 11.1. The fraction of sp³-hybridized carbons (Fsp3) is 0.583. The first-order valence-corrected chi connectivity index (χ1v) is 6.08. The summed E-state index contributed by atoms with van der Waals surface area (Å²) in [5.41, 5.74) is 0. The molecule has 0 aromatic heterocycles. The van der Waals surface area contributed by atoms with Crippen molar-refractivity contribution in [2.45, 2.75) is 38.9 Å². The SMILES string of the molecule is CCC(=O)OC[C@H](OC(=O)CC)[C@H]1OC(=O)C(O)=C1O. The second-order valence-electron chi connectivity index (χ2n) is 3.98. The summed E-state index contributed by atoms with van der Waals surface area (Å²) in [7, 11) is 0. The first-order chi connectivity index (χ1) is 9.40. The van der Waals surface area contributed by atoms with Crippen molar-refractivity contribution in [3.05, 3.63) is 11.5 Å². The molecule has 0 spiro atoms. The molecule has 0 radical (unpaired) electrons. The Balaban J connectivity index is 2.80. The highest BCUT2D eigenvalue weighted by Crippen LogP contribution is 2.23. The van der Waals surface area contributed by atoms with Crippen LogP contribution in [-0.4, -0.2) is 46.9 Å². The van der Waals surface area contributed by atoms with Gasteiger partial charge in [0.15, 0.2) is 11.9 Å². The van der Waals surface area contributed by atoms with Crippen molar-refractivity contribution in [2.75, 3.05) is 6.61 Å². The Labute approximate surface area is 114 Å². The molecule has 0 saturated carbocycles. The molecule has 0 bridgehead atoms. The molecule has 1 aliphatic heterocycles. The topological polar surface area (TPSA) is 119 Å². The van der Waals surface area contributed by atoms with Crippen LogP contribution in [0.3, 0.4) is 0 Å². The van der Waals surface area contributed by atoms with Gasteiger partial charge in [0, 0.05) is 12.8 Å². The van der Waals surface area contributed by atoms with E-state index in [2.05, 4.69) is 4.74 Å². The van der Waals surface area contributed by atoms with Gasteiger partial charge in [-0.15, -0.1) is 0 Å². The van der Waals surface area contributed by atoms with Gasteiger partial charge < -0.3 is 24.4 Å². The fourth-order valence-corrected chi connectivity index (χ4v) is 1.43. The Morgan fingerprint density at radius 3 is 2.30 bits per heavy atom. The molecule has 1 aliphatic rings. The van der Waals surface area contributed by atoms with E-state index in [0.29, 0.717) is 0 Å². The summed E-state index contributed by atoms with van der Waals surface area (Å²) in [6.07, 6.45) is -2.43. The third kappa shape index (κ3) is 3.62. The average molecular weight is 288 g/mol. The number of carbonyl (C=O) groups is 3. The standard InChI is InChI=1S/C12H16O8/c1-3-7(13)18-5-6(19-8(14)4-2)11-9(15)10(16)12(17)20-11/h6,11,15-16H,3-5H2,1-2H3/t6-,11+/m0/s1. The number of rotatable bonds is 6. The minimum Gasteiger partial charge on any atom is -0.505 e. The fourth-order valence-electron chi connectivity index (χ4n) is 1.43. The van der Waals surface area contributed by atoms with Gasteiger partial charge in [0.25, 0.3) is 0 Å². The van der Waals surface area contributed by atoms with E-state index in [1.165, 1.54) is 0 Å².